The number of allylic oxidation sites excluding steroid dienone is 2. The maximum Gasteiger partial charge on any atom is 0.134 e. The van der Waals surface area contributed by atoms with Gasteiger partial charge in [-0.3, -0.25) is 0 Å². The van der Waals surface area contributed by atoms with Crippen LogP contribution in [0.2, 0.25) is 0 Å². The van der Waals surface area contributed by atoms with Gasteiger partial charge in [-0.15, -0.1) is 0 Å². The van der Waals surface area contributed by atoms with Crippen molar-refractivity contribution < 1.29 is 9.53 Å². The molecule has 0 fully saturated rings. The average molecular weight is 351 g/mol. The van der Waals surface area contributed by atoms with Gasteiger partial charge in [0, 0.05) is 0 Å². The summed E-state index contributed by atoms with van der Waals surface area (Å²) >= 11 is 0. The maximum absolute atomic E-state index is 11.6. The highest BCUT2D eigenvalue weighted by atomic mass is 16.5. The lowest BCUT2D eigenvalue weighted by Gasteiger charge is -2.19. The SMILES string of the molecule is COc1cccc(CCCCCC/C=C/[C@@](C)(C=O)c2ccccc2)c1. The third kappa shape index (κ3) is 6.18. The van der Waals surface area contributed by atoms with Crippen LogP contribution in [0.3, 0.4) is 0 Å². The first-order chi connectivity index (χ1) is 12.7. The standard InChI is InChI=1S/C24H30O2/c1-24(20-25,22-15-9-7-10-16-22)18-11-6-4-3-5-8-13-21-14-12-17-23(19-21)26-2/h7,9-12,14-20H,3-6,8,13H2,1-2H3/b18-11+/t24-/m0/s1. The number of benzene rings is 2. The molecule has 138 valence electrons. The molecule has 0 aliphatic heterocycles. The molecule has 0 unspecified atom stereocenters. The number of hydrogen-bond acceptors (Lipinski definition) is 2. The Morgan fingerprint density at radius 1 is 0.962 bits per heavy atom. The topological polar surface area (TPSA) is 26.3 Å². The minimum atomic E-state index is -0.520. The molecule has 0 saturated carbocycles. The molecule has 1 atom stereocenters. The van der Waals surface area contributed by atoms with Gasteiger partial charge in [0.05, 0.1) is 12.5 Å². The van der Waals surface area contributed by atoms with E-state index in [9.17, 15) is 4.79 Å². The molecule has 2 aromatic rings. The predicted molar refractivity (Wildman–Crippen MR) is 109 cm³/mol. The van der Waals surface area contributed by atoms with Crippen LogP contribution in [0, 0.1) is 0 Å². The summed E-state index contributed by atoms with van der Waals surface area (Å²) in [6, 6.07) is 18.3. The van der Waals surface area contributed by atoms with Gasteiger partial charge in [0.2, 0.25) is 0 Å². The molecule has 0 spiro atoms. The molecular weight excluding hydrogens is 320 g/mol. The number of unbranched alkanes of at least 4 members (excludes halogenated alkanes) is 4. The van der Waals surface area contributed by atoms with Crippen LogP contribution in [0.25, 0.3) is 0 Å². The smallest absolute Gasteiger partial charge is 0.134 e. The summed E-state index contributed by atoms with van der Waals surface area (Å²) in [5.74, 6) is 0.935. The van der Waals surface area contributed by atoms with Crippen LogP contribution in [0.1, 0.15) is 50.2 Å². The predicted octanol–water partition coefficient (Wildman–Crippen LogP) is 5.90. The Morgan fingerprint density at radius 2 is 1.73 bits per heavy atom. The van der Waals surface area contributed by atoms with Crippen LogP contribution in [-0.4, -0.2) is 13.4 Å². The zero-order chi connectivity index (χ0) is 18.7. The second kappa shape index (κ2) is 10.6. The summed E-state index contributed by atoms with van der Waals surface area (Å²) in [6.07, 6.45) is 12.2. The van der Waals surface area contributed by atoms with Gasteiger partial charge in [-0.05, 0) is 55.9 Å². The van der Waals surface area contributed by atoms with Crippen LogP contribution in [0.15, 0.2) is 66.7 Å². The number of aldehydes is 1. The largest absolute Gasteiger partial charge is 0.497 e. The summed E-state index contributed by atoms with van der Waals surface area (Å²) in [6.45, 7) is 1.97. The Labute approximate surface area is 157 Å². The number of ether oxygens (including phenoxy) is 1. The van der Waals surface area contributed by atoms with E-state index < -0.39 is 5.41 Å². The van der Waals surface area contributed by atoms with E-state index in [0.717, 1.165) is 30.4 Å². The number of carbonyl (C=O) groups is 1. The Kier molecular flexibility index (Phi) is 8.14. The number of hydrogen-bond donors (Lipinski definition) is 0. The van der Waals surface area contributed by atoms with Crippen LogP contribution in [-0.2, 0) is 16.6 Å². The summed E-state index contributed by atoms with van der Waals surface area (Å²) in [4.78, 5) is 11.6. The lowest BCUT2D eigenvalue weighted by Crippen LogP contribution is -2.20. The van der Waals surface area contributed by atoms with Crippen molar-refractivity contribution >= 4 is 6.29 Å². The van der Waals surface area contributed by atoms with Gasteiger partial charge in [0.15, 0.2) is 0 Å². The Morgan fingerprint density at radius 3 is 2.46 bits per heavy atom. The van der Waals surface area contributed by atoms with E-state index in [4.69, 9.17) is 4.74 Å². The maximum atomic E-state index is 11.6. The molecule has 2 nitrogen and oxygen atoms in total. The first kappa shape index (κ1) is 20.0. The number of methoxy groups -OCH3 is 1. The highest BCUT2D eigenvalue weighted by molar-refractivity contribution is 5.71. The van der Waals surface area contributed by atoms with Crippen molar-refractivity contribution in [3.8, 4) is 5.75 Å². The van der Waals surface area contributed by atoms with E-state index in [1.54, 1.807) is 7.11 Å². The molecule has 0 N–H and O–H groups in total. The van der Waals surface area contributed by atoms with Crippen molar-refractivity contribution in [1.82, 2.24) is 0 Å². The molecule has 0 aliphatic rings. The van der Waals surface area contributed by atoms with Crippen molar-refractivity contribution in [2.75, 3.05) is 7.11 Å². The molecular formula is C24H30O2. The molecule has 2 aromatic carbocycles. The van der Waals surface area contributed by atoms with E-state index in [0.29, 0.717) is 0 Å². The van der Waals surface area contributed by atoms with Crippen molar-refractivity contribution in [3.05, 3.63) is 77.9 Å². The monoisotopic (exact) mass is 350 g/mol. The molecule has 0 heterocycles. The summed E-state index contributed by atoms with van der Waals surface area (Å²) in [5.41, 5.74) is 1.87. The summed E-state index contributed by atoms with van der Waals surface area (Å²) < 4.78 is 5.26. The fourth-order valence-corrected chi connectivity index (χ4v) is 3.10. The molecule has 0 saturated heterocycles. The first-order valence-electron chi connectivity index (χ1n) is 9.50. The molecule has 0 radical (unpaired) electrons. The van der Waals surface area contributed by atoms with E-state index in [1.807, 2.05) is 49.4 Å². The lowest BCUT2D eigenvalue weighted by molar-refractivity contribution is -0.110. The van der Waals surface area contributed by atoms with Gasteiger partial charge in [0.25, 0.3) is 0 Å². The van der Waals surface area contributed by atoms with E-state index in [1.165, 1.54) is 31.2 Å². The molecule has 0 aliphatic carbocycles. The Bertz CT molecular complexity index is 690. The normalized spacial score (nSPS) is 13.5. The number of rotatable bonds is 11. The zero-order valence-corrected chi connectivity index (χ0v) is 16.0. The molecule has 0 bridgehead atoms. The average Bonchev–Trinajstić information content (AvgIpc) is 2.70. The second-order valence-electron chi connectivity index (χ2n) is 6.97. The van der Waals surface area contributed by atoms with Crippen molar-refractivity contribution in [3.63, 3.8) is 0 Å². The highest BCUT2D eigenvalue weighted by Gasteiger charge is 2.21. The summed E-state index contributed by atoms with van der Waals surface area (Å²) in [7, 11) is 1.71. The minimum absolute atomic E-state index is 0.520. The van der Waals surface area contributed by atoms with Crippen molar-refractivity contribution in [2.45, 2.75) is 50.9 Å². The Hall–Kier alpha value is -2.35. The highest BCUT2D eigenvalue weighted by Crippen LogP contribution is 2.23. The minimum Gasteiger partial charge on any atom is -0.497 e. The van der Waals surface area contributed by atoms with Gasteiger partial charge >= 0.3 is 0 Å². The molecule has 2 heteroatoms. The fraction of sp³-hybridized carbons (Fsp3) is 0.375. The van der Waals surface area contributed by atoms with Gasteiger partial charge in [-0.25, -0.2) is 0 Å². The van der Waals surface area contributed by atoms with Gasteiger partial charge in [-0.1, -0.05) is 67.5 Å². The first-order valence-corrected chi connectivity index (χ1v) is 9.50. The van der Waals surface area contributed by atoms with Crippen molar-refractivity contribution in [2.24, 2.45) is 0 Å². The second-order valence-corrected chi connectivity index (χ2v) is 6.97. The van der Waals surface area contributed by atoms with E-state index in [2.05, 4.69) is 24.3 Å². The van der Waals surface area contributed by atoms with Crippen LogP contribution in [0.4, 0.5) is 0 Å². The van der Waals surface area contributed by atoms with Crippen LogP contribution >= 0.6 is 0 Å². The molecule has 2 rings (SSSR count). The van der Waals surface area contributed by atoms with Gasteiger partial charge < -0.3 is 9.53 Å². The van der Waals surface area contributed by atoms with Gasteiger partial charge in [-0.2, -0.15) is 0 Å². The molecule has 26 heavy (non-hydrogen) atoms. The van der Waals surface area contributed by atoms with Crippen molar-refractivity contribution in [1.29, 1.82) is 0 Å². The molecule has 0 aromatic heterocycles. The lowest BCUT2D eigenvalue weighted by atomic mass is 9.83. The van der Waals surface area contributed by atoms with Crippen LogP contribution < -0.4 is 4.74 Å². The number of aryl methyl sites for hydroxylation is 1. The van der Waals surface area contributed by atoms with Gasteiger partial charge in [0.1, 0.15) is 12.0 Å². The third-order valence-corrected chi connectivity index (χ3v) is 4.83. The van der Waals surface area contributed by atoms with E-state index in [-0.39, 0.29) is 0 Å². The third-order valence-electron chi connectivity index (χ3n) is 4.83. The zero-order valence-electron chi connectivity index (χ0n) is 16.0. The molecule has 0 amide bonds. The quantitative estimate of drug-likeness (QED) is 0.286. The van der Waals surface area contributed by atoms with Crippen LogP contribution in [0.5, 0.6) is 5.75 Å². The van der Waals surface area contributed by atoms with E-state index >= 15 is 0 Å². The fourth-order valence-electron chi connectivity index (χ4n) is 3.10. The Balaban J connectivity index is 1.66. The number of carbonyl (C=O) groups excluding carboxylic acids is 1. The summed E-state index contributed by atoms with van der Waals surface area (Å²) in [5, 5.41) is 0.